The Balaban J connectivity index is 1.67. The van der Waals surface area contributed by atoms with E-state index in [0.717, 1.165) is 5.56 Å². The van der Waals surface area contributed by atoms with Gasteiger partial charge in [0.15, 0.2) is 17.2 Å². The molecule has 9 heteroatoms. The first-order chi connectivity index (χ1) is 16.1. The van der Waals surface area contributed by atoms with E-state index in [-0.39, 0.29) is 36.1 Å². The highest BCUT2D eigenvalue weighted by molar-refractivity contribution is 6.30. The molecule has 0 heterocycles. The van der Waals surface area contributed by atoms with Crippen LogP contribution in [0, 0.1) is 17.8 Å². The van der Waals surface area contributed by atoms with Gasteiger partial charge in [-0.1, -0.05) is 29.8 Å². The average molecular weight is 484 g/mol. The van der Waals surface area contributed by atoms with Crippen molar-refractivity contribution in [3.63, 3.8) is 0 Å². The van der Waals surface area contributed by atoms with Gasteiger partial charge in [0.05, 0.1) is 11.7 Å². The minimum atomic E-state index is -2.51. The smallest absolute Gasteiger partial charge is 0.230 e. The molecule has 1 fully saturated rings. The van der Waals surface area contributed by atoms with Gasteiger partial charge < -0.3 is 26.2 Å². The fourth-order valence-corrected chi connectivity index (χ4v) is 5.95. The molecule has 34 heavy (non-hydrogen) atoms. The van der Waals surface area contributed by atoms with Crippen molar-refractivity contribution in [2.45, 2.75) is 31.0 Å². The first-order valence-corrected chi connectivity index (χ1v) is 11.3. The van der Waals surface area contributed by atoms with Crippen LogP contribution in [0.4, 0.5) is 0 Å². The number of rotatable bonds is 2. The third kappa shape index (κ3) is 3.02. The third-order valence-corrected chi connectivity index (χ3v) is 7.68. The van der Waals surface area contributed by atoms with Crippen LogP contribution in [0.15, 0.2) is 47.7 Å². The maximum absolute atomic E-state index is 13.6. The number of nitrogens with two attached hydrogens (primary N) is 1. The Bertz CT molecular complexity index is 1280. The van der Waals surface area contributed by atoms with E-state index in [4.69, 9.17) is 17.3 Å². The number of carbonyl (C=O) groups excluding carboxylic acids is 3. The Kier molecular flexibility index (Phi) is 5.09. The lowest BCUT2D eigenvalue weighted by atomic mass is 9.57. The van der Waals surface area contributed by atoms with Crippen LogP contribution in [0.5, 0.6) is 5.75 Å². The summed E-state index contributed by atoms with van der Waals surface area (Å²) in [6.07, 6.45) is -1.17. The predicted octanol–water partition coefficient (Wildman–Crippen LogP) is 2.07. The highest BCUT2D eigenvalue weighted by Gasteiger charge is 2.62. The van der Waals surface area contributed by atoms with Gasteiger partial charge in [-0.05, 0) is 60.1 Å². The van der Waals surface area contributed by atoms with Crippen LogP contribution >= 0.6 is 11.6 Å². The number of primary amides is 1. The summed E-state index contributed by atoms with van der Waals surface area (Å²) in [5.74, 6) is -7.22. The minimum absolute atomic E-state index is 0.0120. The topological polar surface area (TPSA) is 158 Å². The Hall–Kier alpha value is -3.20. The van der Waals surface area contributed by atoms with Crippen molar-refractivity contribution in [2.24, 2.45) is 23.5 Å². The van der Waals surface area contributed by atoms with Crippen LogP contribution in [0.2, 0.25) is 5.02 Å². The van der Waals surface area contributed by atoms with Crippen molar-refractivity contribution in [3.05, 3.63) is 63.9 Å². The molecule has 0 bridgehead atoms. The number of carbonyl (C=O) groups is 3. The van der Waals surface area contributed by atoms with Crippen molar-refractivity contribution in [3.8, 4) is 16.9 Å². The average Bonchev–Trinajstić information content (AvgIpc) is 2.77. The van der Waals surface area contributed by atoms with Gasteiger partial charge in [-0.15, -0.1) is 0 Å². The molecule has 0 spiro atoms. The zero-order chi connectivity index (χ0) is 24.5. The maximum atomic E-state index is 13.6. The summed E-state index contributed by atoms with van der Waals surface area (Å²) in [5.41, 5.74) is 4.65. The van der Waals surface area contributed by atoms with Crippen LogP contribution in [0.25, 0.3) is 11.1 Å². The van der Waals surface area contributed by atoms with Gasteiger partial charge in [0.2, 0.25) is 5.91 Å². The third-order valence-electron chi connectivity index (χ3n) is 7.43. The summed E-state index contributed by atoms with van der Waals surface area (Å²) in [7, 11) is 0. The van der Waals surface area contributed by atoms with Crippen molar-refractivity contribution in [1.29, 1.82) is 0 Å². The second kappa shape index (κ2) is 7.66. The first kappa shape index (κ1) is 22.6. The van der Waals surface area contributed by atoms with Crippen LogP contribution in [-0.2, 0) is 16.0 Å². The maximum Gasteiger partial charge on any atom is 0.230 e. The Morgan fingerprint density at radius 2 is 1.74 bits per heavy atom. The Morgan fingerprint density at radius 1 is 1.06 bits per heavy atom. The number of halogens is 1. The largest absolute Gasteiger partial charge is 0.508 e. The quantitative estimate of drug-likeness (QED) is 0.409. The van der Waals surface area contributed by atoms with E-state index < -0.39 is 52.7 Å². The Labute approximate surface area is 199 Å². The summed E-state index contributed by atoms with van der Waals surface area (Å²) in [5, 5.41) is 43.8. The lowest BCUT2D eigenvalue weighted by molar-refractivity contribution is -0.167. The van der Waals surface area contributed by atoms with Gasteiger partial charge in [-0.25, -0.2) is 0 Å². The molecular formula is C25H22ClNO7. The minimum Gasteiger partial charge on any atom is -0.508 e. The zero-order valence-electron chi connectivity index (χ0n) is 17.9. The van der Waals surface area contributed by atoms with E-state index in [1.807, 2.05) is 0 Å². The zero-order valence-corrected chi connectivity index (χ0v) is 18.6. The highest BCUT2D eigenvalue weighted by atomic mass is 35.5. The molecule has 0 saturated heterocycles. The summed E-state index contributed by atoms with van der Waals surface area (Å²) in [4.78, 5) is 38.4. The number of phenols is 1. The molecule has 176 valence electrons. The van der Waals surface area contributed by atoms with Crippen molar-refractivity contribution < 1.29 is 34.8 Å². The molecule has 1 amide bonds. The predicted molar refractivity (Wildman–Crippen MR) is 121 cm³/mol. The summed E-state index contributed by atoms with van der Waals surface area (Å²) >= 11 is 6.00. The van der Waals surface area contributed by atoms with Crippen LogP contribution in [-0.4, -0.2) is 49.6 Å². The lowest BCUT2D eigenvalue weighted by Crippen LogP contribution is -2.63. The number of allylic oxidation sites excluding steroid dienone is 1. The number of aliphatic hydroxyl groups is 3. The second-order valence-corrected chi connectivity index (χ2v) is 9.67. The molecule has 5 rings (SSSR count). The van der Waals surface area contributed by atoms with E-state index in [0.29, 0.717) is 16.1 Å². The summed E-state index contributed by atoms with van der Waals surface area (Å²) < 4.78 is 0. The van der Waals surface area contributed by atoms with E-state index in [1.54, 1.807) is 30.3 Å². The molecule has 3 aliphatic carbocycles. The molecule has 6 N–H and O–H groups in total. The molecule has 2 aromatic carbocycles. The van der Waals surface area contributed by atoms with Gasteiger partial charge >= 0.3 is 0 Å². The molecule has 2 unspecified atom stereocenters. The SMILES string of the molecule is NC(=O)C1C(=O)[C@@]2(O)C(O)=C3C(=O)c4c(O)ccc(-c5ccc(Cl)cc5)c4C[C@H]3C[C@H]2CC1O. The molecule has 1 saturated carbocycles. The lowest BCUT2D eigenvalue weighted by Gasteiger charge is -2.48. The van der Waals surface area contributed by atoms with Crippen LogP contribution in [0.1, 0.15) is 28.8 Å². The molecule has 0 radical (unpaired) electrons. The fourth-order valence-electron chi connectivity index (χ4n) is 5.83. The number of fused-ring (bicyclic) bond motifs is 3. The van der Waals surface area contributed by atoms with Gasteiger partial charge in [0, 0.05) is 16.5 Å². The van der Waals surface area contributed by atoms with E-state index in [1.165, 1.54) is 6.07 Å². The number of aromatic hydroxyl groups is 1. The molecule has 8 nitrogen and oxygen atoms in total. The number of ketones is 2. The number of aliphatic hydroxyl groups excluding tert-OH is 2. The van der Waals surface area contributed by atoms with E-state index in [9.17, 15) is 34.8 Å². The van der Waals surface area contributed by atoms with Crippen LogP contribution < -0.4 is 5.73 Å². The second-order valence-electron chi connectivity index (χ2n) is 9.23. The van der Waals surface area contributed by atoms with Gasteiger partial charge in [-0.3, -0.25) is 14.4 Å². The number of phenolic OH excluding ortho intramolecular Hbond substituents is 1. The van der Waals surface area contributed by atoms with Gasteiger partial charge in [-0.2, -0.15) is 0 Å². The molecule has 0 aromatic heterocycles. The molecular weight excluding hydrogens is 462 g/mol. The molecule has 5 atom stereocenters. The standard InChI is InChI=1S/C25H22ClNO7/c26-13-3-1-10(2-4-13)14-5-6-16(28)19-15(14)8-11-7-12-9-17(29)20(24(27)33)23(32)25(12,34)22(31)18(11)21(19)30/h1-6,11-12,17,20,28-29,31,34H,7-9H2,(H2,27,33)/t11-,12+,17?,20?,25+/m1/s1. The number of amides is 1. The number of hydrogen-bond acceptors (Lipinski definition) is 7. The monoisotopic (exact) mass is 483 g/mol. The fraction of sp³-hybridized carbons (Fsp3) is 0.320. The molecule has 0 aliphatic heterocycles. The summed E-state index contributed by atoms with van der Waals surface area (Å²) in [6.45, 7) is 0. The van der Waals surface area contributed by atoms with Crippen molar-refractivity contribution >= 4 is 29.1 Å². The van der Waals surface area contributed by atoms with Gasteiger partial charge in [0.1, 0.15) is 17.4 Å². The summed E-state index contributed by atoms with van der Waals surface area (Å²) in [6, 6.07) is 10.1. The molecule has 3 aliphatic rings. The number of Topliss-reactive ketones (excluding diaryl/α,β-unsaturated/α-hetero) is 2. The Morgan fingerprint density at radius 3 is 2.38 bits per heavy atom. The number of benzene rings is 2. The number of hydrogen-bond donors (Lipinski definition) is 5. The van der Waals surface area contributed by atoms with Gasteiger partial charge in [0.25, 0.3) is 0 Å². The van der Waals surface area contributed by atoms with E-state index in [2.05, 4.69) is 0 Å². The normalized spacial score (nSPS) is 30.4. The first-order valence-electron chi connectivity index (χ1n) is 10.9. The molecule has 2 aromatic rings. The highest BCUT2D eigenvalue weighted by Crippen LogP contribution is 2.52. The van der Waals surface area contributed by atoms with Crippen LogP contribution in [0.3, 0.4) is 0 Å². The van der Waals surface area contributed by atoms with E-state index >= 15 is 0 Å². The van der Waals surface area contributed by atoms with Crippen molar-refractivity contribution in [1.82, 2.24) is 0 Å². The van der Waals surface area contributed by atoms with Crippen molar-refractivity contribution in [2.75, 3.05) is 0 Å².